The number of hydrogen-bond donors (Lipinski definition) is 1. The number of amides is 1. The maximum absolute atomic E-state index is 12.4. The fraction of sp³-hybridized carbons (Fsp3) is 0.500. The minimum absolute atomic E-state index is 0.0410. The van der Waals surface area contributed by atoms with Gasteiger partial charge < -0.3 is 5.32 Å². The maximum atomic E-state index is 12.4. The number of aryl methyl sites for hydroxylation is 1. The second-order valence-corrected chi connectivity index (χ2v) is 6.60. The van der Waals surface area contributed by atoms with Crippen LogP contribution in [0.2, 0.25) is 0 Å². The van der Waals surface area contributed by atoms with E-state index in [1.54, 1.807) is 16.0 Å². The van der Waals surface area contributed by atoms with Gasteiger partial charge in [-0.25, -0.2) is 0 Å². The van der Waals surface area contributed by atoms with Crippen LogP contribution in [0.25, 0.3) is 10.6 Å². The van der Waals surface area contributed by atoms with Crippen molar-refractivity contribution in [2.24, 2.45) is 7.05 Å². The molecule has 0 aromatic carbocycles. The first-order valence-electron chi connectivity index (χ1n) is 7.79. The van der Waals surface area contributed by atoms with Crippen molar-refractivity contribution in [2.45, 2.75) is 25.8 Å². The molecule has 1 atom stereocenters. The Hall–Kier alpha value is -1.66. The third-order valence-corrected chi connectivity index (χ3v) is 5.18. The first-order valence-corrected chi connectivity index (χ1v) is 8.67. The second-order valence-electron chi connectivity index (χ2n) is 5.65. The van der Waals surface area contributed by atoms with Gasteiger partial charge in [0, 0.05) is 19.6 Å². The summed E-state index contributed by atoms with van der Waals surface area (Å²) < 4.78 is 1.66. The number of nitrogens with one attached hydrogen (secondary N) is 1. The smallest absolute Gasteiger partial charge is 0.269 e. The minimum atomic E-state index is -0.0410. The summed E-state index contributed by atoms with van der Waals surface area (Å²) in [6, 6.07) is 6.35. The number of aromatic nitrogens is 2. The summed E-state index contributed by atoms with van der Waals surface area (Å²) in [6.07, 6.45) is 2.39. The van der Waals surface area contributed by atoms with E-state index < -0.39 is 0 Å². The van der Waals surface area contributed by atoms with Gasteiger partial charge in [-0.3, -0.25) is 14.4 Å². The number of carbonyl (C=O) groups excluding carboxylic acids is 1. The van der Waals surface area contributed by atoms with Crippen molar-refractivity contribution >= 4 is 17.2 Å². The molecule has 6 heteroatoms. The van der Waals surface area contributed by atoms with Crippen LogP contribution in [0.3, 0.4) is 0 Å². The molecule has 0 bridgehead atoms. The zero-order chi connectivity index (χ0) is 15.5. The van der Waals surface area contributed by atoms with Gasteiger partial charge in [-0.15, -0.1) is 11.3 Å². The Bertz CT molecular complexity index is 635. The molecule has 0 spiro atoms. The highest BCUT2D eigenvalue weighted by molar-refractivity contribution is 7.13. The quantitative estimate of drug-likeness (QED) is 0.921. The van der Waals surface area contributed by atoms with Crippen LogP contribution in [0.1, 0.15) is 30.3 Å². The molecule has 2 aromatic rings. The monoisotopic (exact) mass is 318 g/mol. The van der Waals surface area contributed by atoms with Crippen LogP contribution in [-0.2, 0) is 7.05 Å². The van der Waals surface area contributed by atoms with Crippen molar-refractivity contribution in [3.05, 3.63) is 29.3 Å². The lowest BCUT2D eigenvalue weighted by Crippen LogP contribution is -2.40. The van der Waals surface area contributed by atoms with Crippen molar-refractivity contribution in [3.63, 3.8) is 0 Å². The first kappa shape index (κ1) is 15.2. The Kier molecular flexibility index (Phi) is 4.59. The molecule has 1 aliphatic rings. The van der Waals surface area contributed by atoms with E-state index in [4.69, 9.17) is 0 Å². The number of rotatable bonds is 5. The Morgan fingerprint density at radius 1 is 1.55 bits per heavy atom. The van der Waals surface area contributed by atoms with Crippen LogP contribution in [-0.4, -0.2) is 46.3 Å². The molecule has 1 N–H and O–H groups in total. The molecule has 0 radical (unpaired) electrons. The Morgan fingerprint density at radius 2 is 2.41 bits per heavy atom. The lowest BCUT2D eigenvalue weighted by Gasteiger charge is -2.22. The molecular formula is C16H22N4OS. The summed E-state index contributed by atoms with van der Waals surface area (Å²) >= 11 is 1.63. The van der Waals surface area contributed by atoms with Crippen molar-refractivity contribution in [1.82, 2.24) is 20.0 Å². The molecule has 0 saturated carbocycles. The standard InChI is InChI=1S/C16H22N4OS/c1-3-20-8-4-6-12(20)11-17-16(21)14-10-13(18-19(14)2)15-7-5-9-22-15/h5,7,9-10,12H,3-4,6,8,11H2,1-2H3,(H,17,21)/t12-/m1/s1. The average Bonchev–Trinajstić information content (AvgIpc) is 3.24. The third-order valence-electron chi connectivity index (χ3n) is 4.29. The number of likely N-dealkylation sites (N-methyl/N-ethyl adjacent to an activating group) is 1. The Balaban J connectivity index is 1.65. The molecule has 1 saturated heterocycles. The molecule has 1 fully saturated rings. The third kappa shape index (κ3) is 3.08. The van der Waals surface area contributed by atoms with Crippen LogP contribution in [0.5, 0.6) is 0 Å². The van der Waals surface area contributed by atoms with Crippen molar-refractivity contribution in [3.8, 4) is 10.6 Å². The molecule has 0 unspecified atom stereocenters. The number of nitrogens with zero attached hydrogens (tertiary/aromatic N) is 3. The van der Waals surface area contributed by atoms with E-state index in [-0.39, 0.29) is 5.91 Å². The summed E-state index contributed by atoms with van der Waals surface area (Å²) in [4.78, 5) is 15.9. The molecular weight excluding hydrogens is 296 g/mol. The summed E-state index contributed by atoms with van der Waals surface area (Å²) in [5.74, 6) is -0.0410. The van der Waals surface area contributed by atoms with E-state index in [0.717, 1.165) is 23.7 Å². The number of likely N-dealkylation sites (tertiary alicyclic amines) is 1. The molecule has 2 aromatic heterocycles. The van der Waals surface area contributed by atoms with Crippen LogP contribution < -0.4 is 5.32 Å². The van der Waals surface area contributed by atoms with E-state index >= 15 is 0 Å². The topological polar surface area (TPSA) is 50.2 Å². The van der Waals surface area contributed by atoms with Crippen molar-refractivity contribution < 1.29 is 4.79 Å². The van der Waals surface area contributed by atoms with Crippen LogP contribution >= 0.6 is 11.3 Å². The SMILES string of the molecule is CCN1CCC[C@@H]1CNC(=O)c1cc(-c2cccs2)nn1C. The second kappa shape index (κ2) is 6.62. The fourth-order valence-corrected chi connectivity index (χ4v) is 3.75. The summed E-state index contributed by atoms with van der Waals surface area (Å²) in [5, 5.41) is 9.52. The molecule has 0 aliphatic carbocycles. The van der Waals surface area contributed by atoms with Gasteiger partial charge in [0.15, 0.2) is 0 Å². The summed E-state index contributed by atoms with van der Waals surface area (Å²) in [5.41, 5.74) is 1.48. The predicted molar refractivity (Wildman–Crippen MR) is 89.1 cm³/mol. The van der Waals surface area contributed by atoms with Crippen LogP contribution in [0.15, 0.2) is 23.6 Å². The lowest BCUT2D eigenvalue weighted by atomic mass is 10.2. The van der Waals surface area contributed by atoms with Gasteiger partial charge in [-0.05, 0) is 43.4 Å². The largest absolute Gasteiger partial charge is 0.349 e. The summed E-state index contributed by atoms with van der Waals surface area (Å²) in [7, 11) is 1.82. The van der Waals surface area contributed by atoms with Gasteiger partial charge in [0.1, 0.15) is 11.4 Å². The van der Waals surface area contributed by atoms with Gasteiger partial charge in [-0.2, -0.15) is 5.10 Å². The predicted octanol–water partition coefficient (Wildman–Crippen LogP) is 2.36. The van der Waals surface area contributed by atoms with Gasteiger partial charge in [0.2, 0.25) is 0 Å². The zero-order valence-corrected chi connectivity index (χ0v) is 13.9. The molecule has 22 heavy (non-hydrogen) atoms. The van der Waals surface area contributed by atoms with E-state index in [1.165, 1.54) is 12.8 Å². The number of hydrogen-bond acceptors (Lipinski definition) is 4. The van der Waals surface area contributed by atoms with Gasteiger partial charge in [-0.1, -0.05) is 13.0 Å². The molecule has 1 aliphatic heterocycles. The normalized spacial score (nSPS) is 18.7. The highest BCUT2D eigenvalue weighted by atomic mass is 32.1. The van der Waals surface area contributed by atoms with Gasteiger partial charge >= 0.3 is 0 Å². The highest BCUT2D eigenvalue weighted by Crippen LogP contribution is 2.24. The minimum Gasteiger partial charge on any atom is -0.349 e. The fourth-order valence-electron chi connectivity index (χ4n) is 3.07. The highest BCUT2D eigenvalue weighted by Gasteiger charge is 2.24. The van der Waals surface area contributed by atoms with Crippen molar-refractivity contribution in [1.29, 1.82) is 0 Å². The zero-order valence-electron chi connectivity index (χ0n) is 13.1. The number of thiophene rings is 1. The van der Waals surface area contributed by atoms with Gasteiger partial charge in [0.05, 0.1) is 4.88 Å². The van der Waals surface area contributed by atoms with Crippen LogP contribution in [0, 0.1) is 0 Å². The van der Waals surface area contributed by atoms with Crippen molar-refractivity contribution in [2.75, 3.05) is 19.6 Å². The lowest BCUT2D eigenvalue weighted by molar-refractivity contribution is 0.0932. The van der Waals surface area contributed by atoms with Gasteiger partial charge in [0.25, 0.3) is 5.91 Å². The molecule has 3 heterocycles. The summed E-state index contributed by atoms with van der Waals surface area (Å²) in [6.45, 7) is 5.08. The molecule has 1 amide bonds. The Morgan fingerprint density at radius 3 is 3.14 bits per heavy atom. The van der Waals surface area contributed by atoms with E-state index in [0.29, 0.717) is 18.3 Å². The average molecular weight is 318 g/mol. The van der Waals surface area contributed by atoms with E-state index in [2.05, 4.69) is 22.2 Å². The first-order chi connectivity index (χ1) is 10.7. The number of carbonyl (C=O) groups is 1. The Labute approximate surface area is 134 Å². The molecule has 3 rings (SSSR count). The van der Waals surface area contributed by atoms with E-state index in [1.807, 2.05) is 30.6 Å². The van der Waals surface area contributed by atoms with Crippen LogP contribution in [0.4, 0.5) is 0 Å². The molecule has 5 nitrogen and oxygen atoms in total. The maximum Gasteiger partial charge on any atom is 0.269 e. The molecule has 118 valence electrons. The van der Waals surface area contributed by atoms with E-state index in [9.17, 15) is 4.79 Å².